The summed E-state index contributed by atoms with van der Waals surface area (Å²) in [6.45, 7) is -0.340. The van der Waals surface area contributed by atoms with Gasteiger partial charge in [-0.1, -0.05) is 30.8 Å². The van der Waals surface area contributed by atoms with Crippen LogP contribution in [0, 0.1) is 41.4 Å². The molecule has 0 aliphatic heterocycles. The number of rotatable bonds is 0. The van der Waals surface area contributed by atoms with Gasteiger partial charge >= 0.3 is 0 Å². The summed E-state index contributed by atoms with van der Waals surface area (Å²) in [5, 5.41) is 11.2. The molecule has 0 aromatic heterocycles. The number of carbonyl (C=O) groups is 1. The fraction of sp³-hybridized carbons (Fsp3) is 0.762. The second-order valence-corrected chi connectivity index (χ2v) is 8.14. The molecule has 0 radical (unpaired) electrons. The van der Waals surface area contributed by atoms with E-state index in [-0.39, 0.29) is 30.0 Å². The molecule has 124 valence electrons. The second kappa shape index (κ2) is 4.96. The van der Waals surface area contributed by atoms with Crippen molar-refractivity contribution in [2.45, 2.75) is 70.7 Å². The van der Waals surface area contributed by atoms with Crippen LogP contribution in [-0.4, -0.2) is 16.5 Å². The number of ketones is 1. The highest BCUT2D eigenvalue weighted by Crippen LogP contribution is 2.65. The van der Waals surface area contributed by atoms with Crippen LogP contribution in [0.4, 0.5) is 0 Å². The van der Waals surface area contributed by atoms with Gasteiger partial charge in [-0.2, -0.15) is 0 Å². The van der Waals surface area contributed by atoms with E-state index in [0.29, 0.717) is 38.5 Å². The Bertz CT molecular complexity index is 792. The number of Topliss-reactive ketones (excluding diaryl/α,β-unsaturated/α-hetero) is 1. The lowest BCUT2D eigenvalue weighted by molar-refractivity contribution is -0.119. The zero-order valence-electron chi connectivity index (χ0n) is 18.7. The summed E-state index contributed by atoms with van der Waals surface area (Å²) < 4.78 is 41.5. The predicted molar refractivity (Wildman–Crippen MR) is 90.5 cm³/mol. The lowest BCUT2D eigenvalue weighted by Gasteiger charge is -2.55. The molecular weight excluding hydrogens is 284 g/mol. The summed E-state index contributed by atoms with van der Waals surface area (Å²) in [6, 6.07) is 0. The van der Waals surface area contributed by atoms with Gasteiger partial charge in [-0.3, -0.25) is 4.79 Å². The third kappa shape index (κ3) is 1.96. The highest BCUT2D eigenvalue weighted by atomic mass is 16.3. The highest BCUT2D eigenvalue weighted by molar-refractivity contribution is 5.82. The Morgan fingerprint density at radius 1 is 1.43 bits per heavy atom. The van der Waals surface area contributed by atoms with Crippen LogP contribution in [0.15, 0.2) is 11.1 Å². The van der Waals surface area contributed by atoms with E-state index in [1.165, 1.54) is 5.57 Å². The van der Waals surface area contributed by atoms with Gasteiger partial charge in [0.2, 0.25) is 0 Å². The molecule has 4 aliphatic rings. The van der Waals surface area contributed by atoms with Crippen LogP contribution in [0.25, 0.3) is 0 Å². The van der Waals surface area contributed by atoms with Gasteiger partial charge < -0.3 is 5.11 Å². The molecule has 0 spiro atoms. The SMILES string of the molecule is [2H]C([2H])([2H])[C@H]1CC2=C(CCC(=O)C2)[C@H]2CC[C@@]3(C)[C@@H](CC([2H])([2H])[C@@]3(O)C#C)[C@@H]21. The Balaban J connectivity index is 1.84. The van der Waals surface area contributed by atoms with Gasteiger partial charge in [-0.25, -0.2) is 0 Å². The fourth-order valence-corrected chi connectivity index (χ4v) is 5.93. The van der Waals surface area contributed by atoms with Crippen LogP contribution in [0.5, 0.6) is 0 Å². The largest absolute Gasteiger partial charge is 0.377 e. The third-order valence-corrected chi connectivity index (χ3v) is 7.25. The maximum atomic E-state index is 12.0. The first-order valence-corrected chi connectivity index (χ1v) is 8.78. The molecule has 4 rings (SSSR count). The smallest absolute Gasteiger partial charge is 0.137 e. The number of allylic oxidation sites excluding steroid dienone is 2. The Hall–Kier alpha value is -1.07. The van der Waals surface area contributed by atoms with E-state index >= 15 is 0 Å². The quantitative estimate of drug-likeness (QED) is 0.544. The molecule has 0 aromatic carbocycles. The number of hydrogen-bond donors (Lipinski definition) is 1. The zero-order valence-corrected chi connectivity index (χ0v) is 13.7. The molecule has 2 heteroatoms. The number of fused-ring (bicyclic) bond motifs is 4. The van der Waals surface area contributed by atoms with Gasteiger partial charge in [0, 0.05) is 25.1 Å². The molecule has 0 unspecified atom stereocenters. The Morgan fingerprint density at radius 2 is 2.26 bits per heavy atom. The van der Waals surface area contributed by atoms with E-state index in [0.717, 1.165) is 5.57 Å². The first kappa shape index (κ1) is 10.7. The number of aliphatic hydroxyl groups is 1. The van der Waals surface area contributed by atoms with Gasteiger partial charge in [-0.15, -0.1) is 6.42 Å². The van der Waals surface area contributed by atoms with E-state index < -0.39 is 30.2 Å². The Kier molecular flexibility index (Phi) is 2.31. The van der Waals surface area contributed by atoms with Crippen LogP contribution in [-0.2, 0) is 4.79 Å². The molecule has 2 nitrogen and oxygen atoms in total. The molecule has 0 aromatic rings. The molecule has 0 heterocycles. The topological polar surface area (TPSA) is 37.3 Å². The lowest BCUT2D eigenvalue weighted by atomic mass is 9.50. The number of carbonyl (C=O) groups excluding carboxylic acids is 1. The maximum Gasteiger partial charge on any atom is 0.137 e. The van der Waals surface area contributed by atoms with Crippen molar-refractivity contribution in [2.24, 2.45) is 29.1 Å². The minimum atomic E-state index is -2.19. The molecule has 6 atom stereocenters. The van der Waals surface area contributed by atoms with Crippen molar-refractivity contribution in [3.05, 3.63) is 11.1 Å². The van der Waals surface area contributed by atoms with Crippen molar-refractivity contribution in [1.29, 1.82) is 0 Å². The standard InChI is InChI=1S/C21H28O2/c1-4-21(23)10-8-18-19-13(2)11-14-12-15(22)5-6-16(14)17(19)7-9-20(18,21)3/h1,13,17-19,23H,5-12H2,2-3H3/t13-,17+,18-,19+,20-,21-/m0/s1/i2D3,10D2. The predicted octanol–water partition coefficient (Wildman–Crippen LogP) is 3.88. The van der Waals surface area contributed by atoms with Crippen molar-refractivity contribution in [2.75, 3.05) is 0 Å². The van der Waals surface area contributed by atoms with Crippen molar-refractivity contribution in [3.63, 3.8) is 0 Å². The van der Waals surface area contributed by atoms with Gasteiger partial charge in [0.25, 0.3) is 0 Å². The second-order valence-electron chi connectivity index (χ2n) is 8.14. The third-order valence-electron chi connectivity index (χ3n) is 7.25. The summed E-state index contributed by atoms with van der Waals surface area (Å²) in [5.41, 5.74) is -0.496. The maximum absolute atomic E-state index is 12.0. The van der Waals surface area contributed by atoms with E-state index in [4.69, 9.17) is 13.3 Å². The summed E-state index contributed by atoms with van der Waals surface area (Å²) >= 11 is 0. The van der Waals surface area contributed by atoms with Crippen molar-refractivity contribution < 1.29 is 16.8 Å². The van der Waals surface area contributed by atoms with Crippen LogP contribution >= 0.6 is 0 Å². The zero-order chi connectivity index (χ0) is 20.7. The molecule has 0 saturated heterocycles. The van der Waals surface area contributed by atoms with E-state index in [2.05, 4.69) is 5.92 Å². The van der Waals surface area contributed by atoms with Gasteiger partial charge in [0.1, 0.15) is 11.4 Å². The van der Waals surface area contributed by atoms with E-state index in [9.17, 15) is 9.90 Å². The van der Waals surface area contributed by atoms with Crippen LogP contribution < -0.4 is 0 Å². The molecule has 0 amide bonds. The average molecular weight is 317 g/mol. The van der Waals surface area contributed by atoms with E-state index in [1.54, 1.807) is 0 Å². The van der Waals surface area contributed by atoms with E-state index in [1.807, 2.05) is 6.92 Å². The first-order valence-electron chi connectivity index (χ1n) is 11.3. The molecule has 2 fully saturated rings. The van der Waals surface area contributed by atoms with Gasteiger partial charge in [0.05, 0.1) is 0 Å². The number of terminal acetylenes is 1. The minimum absolute atomic E-state index is 0.0521. The Labute approximate surface area is 146 Å². The summed E-state index contributed by atoms with van der Waals surface area (Å²) in [6.07, 6.45) is 6.98. The number of hydrogen-bond acceptors (Lipinski definition) is 2. The van der Waals surface area contributed by atoms with Crippen molar-refractivity contribution >= 4 is 5.78 Å². The minimum Gasteiger partial charge on any atom is -0.377 e. The fourth-order valence-electron chi connectivity index (χ4n) is 5.93. The van der Waals surface area contributed by atoms with Crippen molar-refractivity contribution in [3.8, 4) is 12.3 Å². The summed E-state index contributed by atoms with van der Waals surface area (Å²) in [4.78, 5) is 12.0. The monoisotopic (exact) mass is 317 g/mol. The Morgan fingerprint density at radius 3 is 3.00 bits per heavy atom. The van der Waals surface area contributed by atoms with Gasteiger partial charge in [-0.05, 0) is 62.1 Å². The molecule has 4 aliphatic carbocycles. The normalized spacial score (nSPS) is 55.2. The van der Waals surface area contributed by atoms with Crippen LogP contribution in [0.3, 0.4) is 0 Å². The molecule has 1 N–H and O–H groups in total. The summed E-state index contributed by atoms with van der Waals surface area (Å²) in [7, 11) is 0. The first-order chi connectivity index (χ1) is 12.9. The van der Waals surface area contributed by atoms with Gasteiger partial charge in [0.15, 0.2) is 0 Å². The molecule has 23 heavy (non-hydrogen) atoms. The molecule has 0 bridgehead atoms. The lowest BCUT2D eigenvalue weighted by Crippen LogP contribution is -2.52. The van der Waals surface area contributed by atoms with Crippen molar-refractivity contribution in [1.82, 2.24) is 0 Å². The van der Waals surface area contributed by atoms with Crippen LogP contribution in [0.2, 0.25) is 0 Å². The summed E-state index contributed by atoms with van der Waals surface area (Å²) in [5.74, 6) is 1.44. The van der Waals surface area contributed by atoms with Crippen LogP contribution in [0.1, 0.15) is 71.9 Å². The average Bonchev–Trinajstić information content (AvgIpc) is 2.76. The molecular formula is C21H28O2. The molecule has 2 saturated carbocycles. The highest BCUT2D eigenvalue weighted by Gasteiger charge is 2.62.